The molecule has 0 radical (unpaired) electrons. The molecule has 0 fully saturated rings. The number of hydrogen-bond acceptors (Lipinski definition) is 3. The van der Waals surface area contributed by atoms with Crippen LogP contribution in [0.1, 0.15) is 11.5 Å². The van der Waals surface area contributed by atoms with Gasteiger partial charge in [-0.25, -0.2) is 5.43 Å². The summed E-state index contributed by atoms with van der Waals surface area (Å²) >= 11 is 0. The minimum absolute atomic E-state index is 0.149. The summed E-state index contributed by atoms with van der Waals surface area (Å²) in [5.41, 5.74) is 3.41. The van der Waals surface area contributed by atoms with Gasteiger partial charge in [0.25, 0.3) is 0 Å². The fraction of sp³-hybridized carbons (Fsp3) is 0.143. The molecule has 19 heavy (non-hydrogen) atoms. The van der Waals surface area contributed by atoms with Gasteiger partial charge in [0.2, 0.25) is 5.91 Å². The number of nitrogens with zero attached hydrogens (tertiary/aromatic N) is 2. The maximum Gasteiger partial charge on any atom is 0.245 e. The van der Waals surface area contributed by atoms with Gasteiger partial charge in [0, 0.05) is 25.2 Å². The van der Waals surface area contributed by atoms with Gasteiger partial charge in [-0.2, -0.15) is 5.10 Å². The Morgan fingerprint density at radius 1 is 1.47 bits per heavy atom. The van der Waals surface area contributed by atoms with Crippen LogP contribution in [0.5, 0.6) is 0 Å². The molecule has 0 unspecified atom stereocenters. The van der Waals surface area contributed by atoms with E-state index in [-0.39, 0.29) is 5.91 Å². The highest BCUT2D eigenvalue weighted by atomic mass is 16.3. The van der Waals surface area contributed by atoms with Gasteiger partial charge < -0.3 is 8.98 Å². The van der Waals surface area contributed by atoms with Gasteiger partial charge in [-0.1, -0.05) is 0 Å². The summed E-state index contributed by atoms with van der Waals surface area (Å²) in [5, 5.41) is 3.82. The van der Waals surface area contributed by atoms with Crippen LogP contribution in [0.2, 0.25) is 0 Å². The number of allylic oxidation sites excluding steroid dienone is 1. The molecule has 0 aliphatic heterocycles. The Labute approximate surface area is 111 Å². The molecule has 0 saturated heterocycles. The van der Waals surface area contributed by atoms with Crippen LogP contribution in [0.4, 0.5) is 0 Å². The highest BCUT2D eigenvalue weighted by Gasteiger charge is 2.03. The molecule has 0 saturated carbocycles. The second kappa shape index (κ2) is 6.39. The first-order chi connectivity index (χ1) is 9.25. The standard InChI is InChI=1S/C14H15N3O2/c1-17-9-3-5-12(17)11-14(18)16-15-8-2-6-13-7-4-10-19-13/h2-10H,11H2,1H3,(H,16,18)/b6-2-,15-8?. The monoisotopic (exact) mass is 257 g/mol. The minimum atomic E-state index is -0.149. The zero-order valence-corrected chi connectivity index (χ0v) is 10.6. The van der Waals surface area contributed by atoms with E-state index in [1.165, 1.54) is 6.21 Å². The molecular weight excluding hydrogens is 242 g/mol. The number of amides is 1. The van der Waals surface area contributed by atoms with Crippen molar-refractivity contribution in [1.29, 1.82) is 0 Å². The molecule has 2 rings (SSSR count). The van der Waals surface area contributed by atoms with Gasteiger partial charge in [0.15, 0.2) is 0 Å². The first-order valence-corrected chi connectivity index (χ1v) is 5.88. The van der Waals surface area contributed by atoms with Crippen molar-refractivity contribution in [3.8, 4) is 0 Å². The molecule has 0 aliphatic rings. The van der Waals surface area contributed by atoms with Crippen LogP contribution >= 0.6 is 0 Å². The fourth-order valence-corrected chi connectivity index (χ4v) is 1.56. The lowest BCUT2D eigenvalue weighted by Crippen LogP contribution is -2.20. The summed E-state index contributed by atoms with van der Waals surface area (Å²) in [7, 11) is 1.90. The van der Waals surface area contributed by atoms with E-state index >= 15 is 0 Å². The lowest BCUT2D eigenvalue weighted by Gasteiger charge is -2.01. The van der Waals surface area contributed by atoms with Crippen LogP contribution < -0.4 is 5.43 Å². The molecule has 2 aromatic heterocycles. The topological polar surface area (TPSA) is 59.5 Å². The quantitative estimate of drug-likeness (QED) is 0.657. The van der Waals surface area contributed by atoms with Crippen molar-refractivity contribution in [2.45, 2.75) is 6.42 Å². The van der Waals surface area contributed by atoms with Gasteiger partial charge in [0.05, 0.1) is 12.7 Å². The summed E-state index contributed by atoms with van der Waals surface area (Å²) in [6, 6.07) is 7.44. The summed E-state index contributed by atoms with van der Waals surface area (Å²) in [4.78, 5) is 11.6. The lowest BCUT2D eigenvalue weighted by molar-refractivity contribution is -0.120. The summed E-state index contributed by atoms with van der Waals surface area (Å²) in [6.45, 7) is 0. The van der Waals surface area contributed by atoms with Crippen molar-refractivity contribution >= 4 is 18.2 Å². The largest absolute Gasteiger partial charge is 0.465 e. The van der Waals surface area contributed by atoms with Crippen LogP contribution in [0.15, 0.2) is 52.3 Å². The van der Waals surface area contributed by atoms with Crippen LogP contribution in [0.25, 0.3) is 6.08 Å². The third-order valence-electron chi connectivity index (χ3n) is 2.55. The highest BCUT2D eigenvalue weighted by Crippen LogP contribution is 2.01. The van der Waals surface area contributed by atoms with Crippen molar-refractivity contribution in [2.24, 2.45) is 12.1 Å². The Hall–Kier alpha value is -2.56. The SMILES string of the molecule is Cn1cccc1CC(=O)NN=C/C=C\c1ccco1. The minimum Gasteiger partial charge on any atom is -0.465 e. The highest BCUT2D eigenvalue weighted by molar-refractivity contribution is 5.81. The second-order valence-corrected chi connectivity index (χ2v) is 3.97. The predicted molar refractivity (Wildman–Crippen MR) is 73.5 cm³/mol. The number of carbonyl (C=O) groups excluding carboxylic acids is 1. The zero-order valence-electron chi connectivity index (χ0n) is 10.6. The molecular formula is C14H15N3O2. The van der Waals surface area contributed by atoms with Crippen molar-refractivity contribution in [3.05, 3.63) is 54.3 Å². The molecule has 1 N–H and O–H groups in total. The van der Waals surface area contributed by atoms with Gasteiger partial charge in [-0.05, 0) is 36.4 Å². The molecule has 5 heteroatoms. The Morgan fingerprint density at radius 3 is 3.05 bits per heavy atom. The van der Waals surface area contributed by atoms with Gasteiger partial charge >= 0.3 is 0 Å². The number of nitrogens with one attached hydrogen (secondary N) is 1. The number of furan rings is 1. The van der Waals surface area contributed by atoms with E-state index in [9.17, 15) is 4.79 Å². The smallest absolute Gasteiger partial charge is 0.245 e. The van der Waals surface area contributed by atoms with E-state index in [1.54, 1.807) is 24.5 Å². The molecule has 1 amide bonds. The summed E-state index contributed by atoms with van der Waals surface area (Å²) in [5.74, 6) is 0.589. The maximum absolute atomic E-state index is 11.6. The normalized spacial score (nSPS) is 11.4. The Morgan fingerprint density at radius 2 is 2.37 bits per heavy atom. The molecule has 2 heterocycles. The number of hydrogen-bond donors (Lipinski definition) is 1. The van der Waals surface area contributed by atoms with Crippen molar-refractivity contribution in [2.75, 3.05) is 0 Å². The molecule has 5 nitrogen and oxygen atoms in total. The van der Waals surface area contributed by atoms with Crippen LogP contribution in [0, 0.1) is 0 Å². The number of aryl methyl sites for hydroxylation is 1. The van der Waals surface area contributed by atoms with Crippen molar-refractivity contribution in [1.82, 2.24) is 9.99 Å². The average Bonchev–Trinajstić information content (AvgIpc) is 3.02. The number of rotatable bonds is 5. The molecule has 0 aliphatic carbocycles. The summed E-state index contributed by atoms with van der Waals surface area (Å²) < 4.78 is 7.01. The predicted octanol–water partition coefficient (Wildman–Crippen LogP) is 1.98. The fourth-order valence-electron chi connectivity index (χ4n) is 1.56. The van der Waals surface area contributed by atoms with Gasteiger partial charge in [0.1, 0.15) is 5.76 Å². The Kier molecular flexibility index (Phi) is 4.34. The van der Waals surface area contributed by atoms with Crippen molar-refractivity contribution in [3.63, 3.8) is 0 Å². The van der Waals surface area contributed by atoms with E-state index < -0.39 is 0 Å². The Bertz CT molecular complexity index is 580. The third kappa shape index (κ3) is 3.99. The molecule has 2 aromatic rings. The van der Waals surface area contributed by atoms with Gasteiger partial charge in [-0.15, -0.1) is 0 Å². The van der Waals surface area contributed by atoms with E-state index in [2.05, 4.69) is 10.5 Å². The average molecular weight is 257 g/mol. The first kappa shape index (κ1) is 12.9. The van der Waals surface area contributed by atoms with E-state index in [0.29, 0.717) is 6.42 Å². The summed E-state index contributed by atoms with van der Waals surface area (Å²) in [6.07, 6.45) is 8.76. The number of aromatic nitrogens is 1. The maximum atomic E-state index is 11.6. The Balaban J connectivity index is 1.76. The number of carbonyl (C=O) groups is 1. The lowest BCUT2D eigenvalue weighted by atomic mass is 10.3. The molecule has 0 atom stereocenters. The molecule has 0 aromatic carbocycles. The van der Waals surface area contributed by atoms with E-state index in [1.807, 2.05) is 36.0 Å². The zero-order chi connectivity index (χ0) is 13.5. The molecule has 98 valence electrons. The van der Waals surface area contributed by atoms with Crippen LogP contribution in [-0.2, 0) is 18.3 Å². The first-order valence-electron chi connectivity index (χ1n) is 5.88. The van der Waals surface area contributed by atoms with Gasteiger partial charge in [-0.3, -0.25) is 4.79 Å². The third-order valence-corrected chi connectivity index (χ3v) is 2.55. The van der Waals surface area contributed by atoms with Crippen LogP contribution in [0.3, 0.4) is 0 Å². The second-order valence-electron chi connectivity index (χ2n) is 3.97. The van der Waals surface area contributed by atoms with Crippen LogP contribution in [-0.4, -0.2) is 16.7 Å². The number of hydrazone groups is 1. The molecule has 0 bridgehead atoms. The van der Waals surface area contributed by atoms with E-state index in [0.717, 1.165) is 11.5 Å². The van der Waals surface area contributed by atoms with Crippen molar-refractivity contribution < 1.29 is 9.21 Å². The molecule has 0 spiro atoms. The van der Waals surface area contributed by atoms with E-state index in [4.69, 9.17) is 4.42 Å².